The Bertz CT molecular complexity index is 908. The van der Waals surface area contributed by atoms with E-state index in [-0.39, 0.29) is 28.6 Å². The van der Waals surface area contributed by atoms with Crippen LogP contribution in [0.4, 0.5) is 0 Å². The maximum atomic E-state index is 9.66. The van der Waals surface area contributed by atoms with E-state index < -0.39 is 0 Å². The van der Waals surface area contributed by atoms with Crippen LogP contribution in [0.3, 0.4) is 0 Å². The summed E-state index contributed by atoms with van der Waals surface area (Å²) >= 11 is 2.41. The van der Waals surface area contributed by atoms with Crippen LogP contribution in [-0.4, -0.2) is 14.6 Å². The van der Waals surface area contributed by atoms with Gasteiger partial charge >= 0.3 is 17.1 Å². The molecule has 0 aromatic heterocycles. The largest absolute Gasteiger partial charge is 2.00 e. The first-order valence-electron chi connectivity index (χ1n) is 9.95. The quantitative estimate of drug-likeness (QED) is 0.145. The molecule has 0 amide bonds. The Morgan fingerprint density at radius 1 is 0.806 bits per heavy atom. The number of rotatable bonds is 6. The number of aromatic hydroxyl groups is 2. The fourth-order valence-electron chi connectivity index (χ4n) is 3.32. The second-order valence-corrected chi connectivity index (χ2v) is 7.95. The van der Waals surface area contributed by atoms with Crippen molar-refractivity contribution in [3.8, 4) is 11.5 Å². The Labute approximate surface area is 209 Å². The molecule has 0 heterocycles. The minimum absolute atomic E-state index is 0. The number of phenols is 2. The summed E-state index contributed by atoms with van der Waals surface area (Å²) in [6, 6.07) is 24.7. The molecule has 31 heavy (non-hydrogen) atoms. The van der Waals surface area contributed by atoms with Gasteiger partial charge in [-0.3, -0.25) is 0 Å². The molecule has 0 bridgehead atoms. The van der Waals surface area contributed by atoms with E-state index in [4.69, 9.17) is 0 Å². The number of hydrogen-bond donors (Lipinski definition) is 2. The Kier molecular flexibility index (Phi) is 10.6. The van der Waals surface area contributed by atoms with Crippen molar-refractivity contribution in [2.24, 2.45) is 0 Å². The molecule has 160 valence electrons. The Morgan fingerprint density at radius 2 is 1.29 bits per heavy atom. The van der Waals surface area contributed by atoms with E-state index in [1.807, 2.05) is 54.6 Å². The zero-order valence-electron chi connectivity index (χ0n) is 17.1. The minimum atomic E-state index is 0. The summed E-state index contributed by atoms with van der Waals surface area (Å²) in [4.78, 5) is 0. The predicted octanol–water partition coefficient (Wildman–Crippen LogP) is 7.11. The van der Waals surface area contributed by atoms with E-state index in [2.05, 4.69) is 46.9 Å². The van der Waals surface area contributed by atoms with Crippen molar-refractivity contribution in [2.45, 2.75) is 12.8 Å². The standard InChI is InChI=1S/C22H20IO2.C5H5.Fe/c23-15-3-6-21(16-4-1-2-5-16)22(17-7-11-19(24)12-8-17)18-9-13-20(25)14-10-18;1-2-4-5-3-1;/h1-2,4-5,7-14,24-25H,3,6,15H2;1-5H;/q2*-1;+2. The summed E-state index contributed by atoms with van der Waals surface area (Å²) < 4.78 is 1.10. The molecule has 2 N–H and O–H groups in total. The molecule has 0 saturated heterocycles. The third-order valence-corrected chi connectivity index (χ3v) is 5.50. The van der Waals surface area contributed by atoms with Crippen molar-refractivity contribution in [1.82, 2.24) is 0 Å². The van der Waals surface area contributed by atoms with Crippen LogP contribution in [0.25, 0.3) is 0 Å². The summed E-state index contributed by atoms with van der Waals surface area (Å²) in [5.41, 5.74) is 4.64. The molecule has 0 fully saturated rings. The zero-order chi connectivity index (χ0) is 21.2. The molecule has 0 atom stereocenters. The van der Waals surface area contributed by atoms with Gasteiger partial charge in [0.2, 0.25) is 0 Å². The van der Waals surface area contributed by atoms with Crippen molar-refractivity contribution in [3.05, 3.63) is 131 Å². The molecule has 0 aliphatic heterocycles. The second kappa shape index (κ2) is 13.2. The maximum absolute atomic E-state index is 9.66. The number of allylic oxidation sites excluding steroid dienone is 6. The average molecular weight is 564 g/mol. The Balaban J connectivity index is 0.000000501. The summed E-state index contributed by atoms with van der Waals surface area (Å²) in [6.45, 7) is 0. The first kappa shape index (κ1) is 25.0. The molecular formula is C27H25FeIO2. The number of halogens is 1. The van der Waals surface area contributed by atoms with Crippen LogP contribution in [0.2, 0.25) is 0 Å². The fourth-order valence-corrected chi connectivity index (χ4v) is 3.71. The van der Waals surface area contributed by atoms with Crippen LogP contribution in [0, 0.1) is 5.92 Å². The van der Waals surface area contributed by atoms with Crippen molar-refractivity contribution >= 4 is 22.6 Å². The first-order valence-corrected chi connectivity index (χ1v) is 11.5. The van der Waals surface area contributed by atoms with Gasteiger partial charge in [-0.05, 0) is 41.5 Å². The van der Waals surface area contributed by atoms with E-state index in [1.165, 1.54) is 11.1 Å². The van der Waals surface area contributed by atoms with Crippen LogP contribution in [0.1, 0.15) is 24.0 Å². The third-order valence-electron chi connectivity index (χ3n) is 4.74. The van der Waals surface area contributed by atoms with Gasteiger partial charge in [-0.15, -0.1) is 35.4 Å². The van der Waals surface area contributed by atoms with Crippen molar-refractivity contribution < 1.29 is 27.3 Å². The summed E-state index contributed by atoms with van der Waals surface area (Å²) in [5.74, 6) is 1.67. The van der Waals surface area contributed by atoms with Crippen LogP contribution in [0.5, 0.6) is 11.5 Å². The van der Waals surface area contributed by atoms with Gasteiger partial charge in [-0.2, -0.15) is 18.2 Å². The molecule has 0 spiro atoms. The van der Waals surface area contributed by atoms with E-state index in [0.29, 0.717) is 0 Å². The van der Waals surface area contributed by atoms with Gasteiger partial charge in [-0.25, -0.2) is 12.1 Å². The molecule has 2 nitrogen and oxygen atoms in total. The maximum Gasteiger partial charge on any atom is 2.00 e. The van der Waals surface area contributed by atoms with Crippen molar-refractivity contribution in [3.63, 3.8) is 0 Å². The summed E-state index contributed by atoms with van der Waals surface area (Å²) in [7, 11) is 0. The Hall–Kier alpha value is -2.27. The van der Waals surface area contributed by atoms with Crippen molar-refractivity contribution in [1.29, 1.82) is 0 Å². The van der Waals surface area contributed by atoms with Crippen LogP contribution in [-0.2, 0) is 17.1 Å². The third kappa shape index (κ3) is 7.42. The second-order valence-electron chi connectivity index (χ2n) is 6.88. The van der Waals surface area contributed by atoms with E-state index in [1.54, 1.807) is 24.3 Å². The van der Waals surface area contributed by atoms with Crippen molar-refractivity contribution in [2.75, 3.05) is 4.43 Å². The molecule has 0 radical (unpaired) electrons. The summed E-state index contributed by atoms with van der Waals surface area (Å²) in [5, 5.41) is 19.3. The van der Waals surface area contributed by atoms with Crippen LogP contribution in [0.15, 0.2) is 114 Å². The number of phenolic OH excluding ortho intramolecular Hbond substituents is 2. The average Bonchev–Trinajstić information content (AvgIpc) is 3.50. The first-order chi connectivity index (χ1) is 14.7. The Morgan fingerprint density at radius 3 is 1.68 bits per heavy atom. The molecule has 0 unspecified atom stereocenters. The molecule has 4 heteroatoms. The van der Waals surface area contributed by atoms with Crippen LogP contribution >= 0.6 is 22.6 Å². The molecule has 1 aliphatic rings. The van der Waals surface area contributed by atoms with Gasteiger partial charge in [0.1, 0.15) is 11.5 Å². The molecular weight excluding hydrogens is 539 g/mol. The van der Waals surface area contributed by atoms with E-state index in [9.17, 15) is 10.2 Å². The van der Waals surface area contributed by atoms with E-state index in [0.717, 1.165) is 34.3 Å². The normalized spacial score (nSPS) is 11.5. The number of alkyl halides is 1. The van der Waals surface area contributed by atoms with Gasteiger partial charge < -0.3 is 10.2 Å². The molecule has 4 rings (SSSR count). The molecule has 3 aromatic rings. The topological polar surface area (TPSA) is 40.5 Å². The number of hydrogen-bond acceptors (Lipinski definition) is 2. The van der Waals surface area contributed by atoms with Crippen LogP contribution < -0.4 is 0 Å². The molecule has 0 saturated carbocycles. The van der Waals surface area contributed by atoms with Gasteiger partial charge in [0, 0.05) is 0 Å². The zero-order valence-corrected chi connectivity index (χ0v) is 20.3. The molecule has 3 aromatic carbocycles. The summed E-state index contributed by atoms with van der Waals surface area (Å²) in [6.07, 6.45) is 10.5. The van der Waals surface area contributed by atoms with E-state index >= 15 is 0 Å². The SMILES string of the molecule is Oc1ccc([C-](C(CCCI)=C2C=CC=C2)c2ccc(O)cc2)cc1.[Fe+2].c1cc[cH-]c1. The number of benzene rings is 2. The monoisotopic (exact) mass is 564 g/mol. The van der Waals surface area contributed by atoms with Gasteiger partial charge in [0.05, 0.1) is 0 Å². The minimum Gasteiger partial charge on any atom is -0.509 e. The fraction of sp³-hybridized carbons (Fsp3) is 0.111. The predicted molar refractivity (Wildman–Crippen MR) is 133 cm³/mol. The van der Waals surface area contributed by atoms with Gasteiger partial charge in [-0.1, -0.05) is 64.0 Å². The smallest absolute Gasteiger partial charge is 0.509 e. The van der Waals surface area contributed by atoms with Gasteiger partial charge in [0.25, 0.3) is 0 Å². The molecule has 1 aliphatic carbocycles. The van der Waals surface area contributed by atoms with Gasteiger partial charge in [0.15, 0.2) is 0 Å².